The second kappa shape index (κ2) is 9.71. The molecule has 2 aromatic rings. The van der Waals surface area contributed by atoms with Crippen molar-refractivity contribution in [2.75, 3.05) is 44.3 Å². The lowest BCUT2D eigenvalue weighted by atomic mass is 10.1. The molecule has 2 unspecified atom stereocenters. The number of carbonyl (C=O) groups excluding carboxylic acids is 1. The van der Waals surface area contributed by atoms with Crippen LogP contribution in [0.5, 0.6) is 0 Å². The molecule has 154 valence electrons. The van der Waals surface area contributed by atoms with Crippen LogP contribution in [0.15, 0.2) is 54.9 Å². The van der Waals surface area contributed by atoms with Gasteiger partial charge in [-0.1, -0.05) is 30.3 Å². The van der Waals surface area contributed by atoms with Crippen molar-refractivity contribution in [3.63, 3.8) is 0 Å². The third-order valence-corrected chi connectivity index (χ3v) is 5.50. The molecule has 0 bridgehead atoms. The first-order chi connectivity index (χ1) is 14.3. The molecule has 3 heterocycles. The molecule has 2 fully saturated rings. The Bertz CT molecular complexity index is 766. The van der Waals surface area contributed by atoms with Gasteiger partial charge in [-0.25, -0.2) is 4.79 Å². The van der Waals surface area contributed by atoms with E-state index in [1.165, 1.54) is 0 Å². The zero-order valence-corrected chi connectivity index (χ0v) is 16.6. The van der Waals surface area contributed by atoms with Crippen LogP contribution in [0.3, 0.4) is 0 Å². The zero-order valence-electron chi connectivity index (χ0n) is 16.6. The number of hydrogen-bond acceptors (Lipinski definition) is 5. The number of ether oxygens (including phenoxy) is 2. The van der Waals surface area contributed by atoms with Crippen LogP contribution in [0.4, 0.5) is 10.5 Å². The molecule has 2 saturated heterocycles. The molecular formula is C22H28N4O3. The molecule has 29 heavy (non-hydrogen) atoms. The van der Waals surface area contributed by atoms with E-state index < -0.39 is 0 Å². The lowest BCUT2D eigenvalue weighted by Gasteiger charge is -2.38. The SMILES string of the molecule is O=C(NC1CCOCC1OCc1ccccc1)N1CCN(c2cccnc2)CC1. The lowest BCUT2D eigenvalue weighted by Crippen LogP contribution is -2.57. The normalized spacial score (nSPS) is 22.3. The van der Waals surface area contributed by atoms with Gasteiger partial charge in [-0.15, -0.1) is 0 Å². The Balaban J connectivity index is 1.27. The summed E-state index contributed by atoms with van der Waals surface area (Å²) in [5.41, 5.74) is 2.22. The number of piperazine rings is 1. The molecule has 4 rings (SSSR count). The molecule has 0 saturated carbocycles. The van der Waals surface area contributed by atoms with Crippen molar-refractivity contribution in [1.29, 1.82) is 0 Å². The lowest BCUT2D eigenvalue weighted by molar-refractivity contribution is -0.0736. The predicted octanol–water partition coefficient (Wildman–Crippen LogP) is 2.29. The maximum absolute atomic E-state index is 12.8. The van der Waals surface area contributed by atoms with E-state index >= 15 is 0 Å². The third-order valence-electron chi connectivity index (χ3n) is 5.50. The van der Waals surface area contributed by atoms with Gasteiger partial charge >= 0.3 is 6.03 Å². The average Bonchev–Trinajstić information content (AvgIpc) is 2.80. The smallest absolute Gasteiger partial charge is 0.317 e. The van der Waals surface area contributed by atoms with Gasteiger partial charge in [-0.05, 0) is 24.1 Å². The van der Waals surface area contributed by atoms with E-state index in [2.05, 4.69) is 21.3 Å². The molecule has 7 heteroatoms. The van der Waals surface area contributed by atoms with E-state index in [4.69, 9.17) is 9.47 Å². The summed E-state index contributed by atoms with van der Waals surface area (Å²) >= 11 is 0. The molecule has 2 aliphatic rings. The summed E-state index contributed by atoms with van der Waals surface area (Å²) in [6.45, 7) is 4.67. The number of hydrogen-bond donors (Lipinski definition) is 1. The number of nitrogens with one attached hydrogen (secondary N) is 1. The highest BCUT2D eigenvalue weighted by molar-refractivity contribution is 5.75. The van der Waals surface area contributed by atoms with Crippen molar-refractivity contribution in [2.45, 2.75) is 25.2 Å². The first-order valence-corrected chi connectivity index (χ1v) is 10.2. The fourth-order valence-electron chi connectivity index (χ4n) is 3.78. The van der Waals surface area contributed by atoms with Crippen molar-refractivity contribution in [3.8, 4) is 0 Å². The van der Waals surface area contributed by atoms with Crippen LogP contribution in [0.2, 0.25) is 0 Å². The summed E-state index contributed by atoms with van der Waals surface area (Å²) in [5, 5.41) is 3.18. The van der Waals surface area contributed by atoms with Gasteiger partial charge in [0.25, 0.3) is 0 Å². The highest BCUT2D eigenvalue weighted by Gasteiger charge is 2.30. The van der Waals surface area contributed by atoms with Crippen molar-refractivity contribution < 1.29 is 14.3 Å². The molecule has 1 aromatic heterocycles. The number of aromatic nitrogens is 1. The van der Waals surface area contributed by atoms with Gasteiger partial charge in [0.05, 0.1) is 31.1 Å². The quantitative estimate of drug-likeness (QED) is 0.840. The van der Waals surface area contributed by atoms with Gasteiger partial charge < -0.3 is 24.6 Å². The predicted molar refractivity (Wildman–Crippen MR) is 111 cm³/mol. The maximum Gasteiger partial charge on any atom is 0.317 e. The van der Waals surface area contributed by atoms with Gasteiger partial charge in [-0.3, -0.25) is 4.98 Å². The minimum absolute atomic E-state index is 0.0175. The number of rotatable bonds is 5. The number of pyridine rings is 1. The molecule has 2 aliphatic heterocycles. The largest absolute Gasteiger partial charge is 0.379 e. The second-order valence-electron chi connectivity index (χ2n) is 7.44. The van der Waals surface area contributed by atoms with E-state index in [0.717, 1.165) is 30.8 Å². The van der Waals surface area contributed by atoms with E-state index in [-0.39, 0.29) is 18.2 Å². The minimum Gasteiger partial charge on any atom is -0.379 e. The zero-order chi connectivity index (χ0) is 19.9. The number of anilines is 1. The molecule has 0 aliphatic carbocycles. The summed E-state index contributed by atoms with van der Waals surface area (Å²) in [6, 6.07) is 14.0. The summed E-state index contributed by atoms with van der Waals surface area (Å²) in [4.78, 5) is 21.1. The molecular weight excluding hydrogens is 368 g/mol. The average molecular weight is 396 g/mol. The van der Waals surface area contributed by atoms with Crippen LogP contribution in [-0.2, 0) is 16.1 Å². The number of benzene rings is 1. The minimum atomic E-state index is -0.135. The van der Waals surface area contributed by atoms with Crippen LogP contribution in [0.1, 0.15) is 12.0 Å². The van der Waals surface area contributed by atoms with E-state index in [0.29, 0.717) is 32.9 Å². The molecule has 0 radical (unpaired) electrons. The van der Waals surface area contributed by atoms with Crippen molar-refractivity contribution in [3.05, 3.63) is 60.4 Å². The van der Waals surface area contributed by atoms with Gasteiger partial charge in [0, 0.05) is 39.0 Å². The van der Waals surface area contributed by atoms with Crippen molar-refractivity contribution in [1.82, 2.24) is 15.2 Å². The number of nitrogens with zero attached hydrogens (tertiary/aromatic N) is 3. The maximum atomic E-state index is 12.8. The van der Waals surface area contributed by atoms with Gasteiger partial charge in [0.15, 0.2) is 0 Å². The van der Waals surface area contributed by atoms with Crippen LogP contribution in [0.25, 0.3) is 0 Å². The van der Waals surface area contributed by atoms with Gasteiger partial charge in [-0.2, -0.15) is 0 Å². The Morgan fingerprint density at radius 3 is 2.72 bits per heavy atom. The monoisotopic (exact) mass is 396 g/mol. The Morgan fingerprint density at radius 2 is 1.97 bits per heavy atom. The molecule has 7 nitrogen and oxygen atoms in total. The summed E-state index contributed by atoms with van der Waals surface area (Å²) < 4.78 is 11.7. The highest BCUT2D eigenvalue weighted by Crippen LogP contribution is 2.17. The molecule has 2 atom stereocenters. The van der Waals surface area contributed by atoms with Gasteiger partial charge in [0.1, 0.15) is 6.10 Å². The van der Waals surface area contributed by atoms with Crippen molar-refractivity contribution >= 4 is 11.7 Å². The molecule has 1 N–H and O–H groups in total. The van der Waals surface area contributed by atoms with Gasteiger partial charge in [0.2, 0.25) is 0 Å². The van der Waals surface area contributed by atoms with E-state index in [9.17, 15) is 4.79 Å². The Morgan fingerprint density at radius 1 is 1.14 bits per heavy atom. The number of urea groups is 1. The second-order valence-corrected chi connectivity index (χ2v) is 7.44. The van der Waals surface area contributed by atoms with Crippen LogP contribution < -0.4 is 10.2 Å². The van der Waals surface area contributed by atoms with Crippen LogP contribution >= 0.6 is 0 Å². The summed E-state index contributed by atoms with van der Waals surface area (Å²) in [7, 11) is 0. The first-order valence-electron chi connectivity index (χ1n) is 10.2. The Kier molecular flexibility index (Phi) is 6.59. The van der Waals surface area contributed by atoms with E-state index in [1.807, 2.05) is 47.5 Å². The Hall–Kier alpha value is -2.64. The number of carbonyl (C=O) groups is 1. The van der Waals surface area contributed by atoms with E-state index in [1.54, 1.807) is 6.20 Å². The first kappa shape index (κ1) is 19.7. The third kappa shape index (κ3) is 5.25. The molecule has 0 spiro atoms. The van der Waals surface area contributed by atoms with Crippen molar-refractivity contribution in [2.24, 2.45) is 0 Å². The topological polar surface area (TPSA) is 66.9 Å². The standard InChI is InChI=1S/C22H28N4O3/c27-22(26-12-10-25(11-13-26)19-7-4-9-23-15-19)24-20-8-14-28-17-21(20)29-16-18-5-2-1-3-6-18/h1-7,9,15,20-21H,8,10-14,16-17H2,(H,24,27). The van der Waals surface area contributed by atoms with Crippen LogP contribution in [0, 0.1) is 0 Å². The fraction of sp³-hybridized carbons (Fsp3) is 0.455. The van der Waals surface area contributed by atoms with Crippen LogP contribution in [-0.4, -0.2) is 67.5 Å². The highest BCUT2D eigenvalue weighted by atomic mass is 16.5. The Labute approximate surface area is 171 Å². The summed E-state index contributed by atoms with van der Waals surface area (Å²) in [5.74, 6) is 0. The molecule has 1 aromatic carbocycles. The molecule has 2 amide bonds. The number of amides is 2. The summed E-state index contributed by atoms with van der Waals surface area (Å²) in [6.07, 6.45) is 4.27. The fourth-order valence-corrected chi connectivity index (χ4v) is 3.78.